The van der Waals surface area contributed by atoms with Gasteiger partial charge in [0.15, 0.2) is 0 Å². The van der Waals surface area contributed by atoms with Gasteiger partial charge in [0.05, 0.1) is 23.0 Å². The third-order valence-electron chi connectivity index (χ3n) is 3.74. The number of amides is 1. The van der Waals surface area contributed by atoms with Crippen molar-refractivity contribution in [3.05, 3.63) is 37.9 Å². The Morgan fingerprint density at radius 2 is 2.00 bits per heavy atom. The molecule has 2 rings (SSSR count). The number of carbonyl (C=O) groups excluding carboxylic acids is 1. The van der Waals surface area contributed by atoms with Gasteiger partial charge in [0.1, 0.15) is 10.6 Å². The Balaban J connectivity index is 2.24. The Labute approximate surface area is 131 Å². The number of halogens is 2. The van der Waals surface area contributed by atoms with Crippen molar-refractivity contribution in [1.82, 2.24) is 4.90 Å². The molecule has 8 heteroatoms. The second-order valence-electron chi connectivity index (χ2n) is 5.47. The van der Waals surface area contributed by atoms with Crippen LogP contribution in [0.2, 0.25) is 10.0 Å². The van der Waals surface area contributed by atoms with Crippen LogP contribution in [0.4, 0.5) is 5.69 Å². The van der Waals surface area contributed by atoms with Crippen LogP contribution in [0.5, 0.6) is 0 Å². The van der Waals surface area contributed by atoms with E-state index in [0.717, 1.165) is 6.07 Å². The summed E-state index contributed by atoms with van der Waals surface area (Å²) in [6, 6.07) is 2.40. The highest BCUT2D eigenvalue weighted by molar-refractivity contribution is 6.43. The predicted molar refractivity (Wildman–Crippen MR) is 78.8 cm³/mol. The Bertz CT molecular complexity index is 612. The molecule has 21 heavy (non-hydrogen) atoms. The van der Waals surface area contributed by atoms with Crippen LogP contribution in [-0.4, -0.2) is 39.5 Å². The smallest absolute Gasteiger partial charge is 0.290 e. The zero-order chi connectivity index (χ0) is 15.9. The highest BCUT2D eigenvalue weighted by Gasteiger charge is 2.46. The summed E-state index contributed by atoms with van der Waals surface area (Å²) >= 11 is 11.6. The van der Waals surface area contributed by atoms with Crippen molar-refractivity contribution < 1.29 is 14.8 Å². The second-order valence-corrected chi connectivity index (χ2v) is 6.25. The molecule has 1 aromatic rings. The minimum absolute atomic E-state index is 0.0182. The van der Waals surface area contributed by atoms with Crippen LogP contribution < -0.4 is 0 Å². The molecule has 1 aromatic carbocycles. The first-order valence-electron chi connectivity index (χ1n) is 6.31. The zero-order valence-corrected chi connectivity index (χ0v) is 13.0. The Hall–Kier alpha value is -1.37. The topological polar surface area (TPSA) is 83.7 Å². The summed E-state index contributed by atoms with van der Waals surface area (Å²) in [6.45, 7) is 4.12. The quantitative estimate of drug-likeness (QED) is 0.681. The molecule has 0 aliphatic carbocycles. The minimum atomic E-state index is -0.905. The van der Waals surface area contributed by atoms with Gasteiger partial charge in [-0.1, -0.05) is 37.0 Å². The summed E-state index contributed by atoms with van der Waals surface area (Å²) in [7, 11) is 0. The molecule has 0 aromatic heterocycles. The van der Waals surface area contributed by atoms with Gasteiger partial charge in [-0.05, 0) is 12.0 Å². The molecule has 1 aliphatic heterocycles. The molecule has 6 nitrogen and oxygen atoms in total. The van der Waals surface area contributed by atoms with E-state index in [9.17, 15) is 20.0 Å². The average Bonchev–Trinajstić information content (AvgIpc) is 2.36. The number of aliphatic hydroxyl groups is 1. The van der Waals surface area contributed by atoms with E-state index in [0.29, 0.717) is 0 Å². The van der Waals surface area contributed by atoms with Crippen molar-refractivity contribution >= 4 is 34.8 Å². The largest absolute Gasteiger partial charge is 0.386 e. The summed E-state index contributed by atoms with van der Waals surface area (Å²) < 4.78 is 0. The van der Waals surface area contributed by atoms with E-state index >= 15 is 0 Å². The van der Waals surface area contributed by atoms with Gasteiger partial charge in [0.2, 0.25) is 0 Å². The van der Waals surface area contributed by atoms with Crippen LogP contribution in [0.1, 0.15) is 24.2 Å². The fourth-order valence-electron chi connectivity index (χ4n) is 2.14. The van der Waals surface area contributed by atoms with Crippen LogP contribution in [0.25, 0.3) is 0 Å². The number of likely N-dealkylation sites (tertiary alicyclic amines) is 1. The van der Waals surface area contributed by atoms with Crippen molar-refractivity contribution in [1.29, 1.82) is 0 Å². The standard InChI is InChI=1S/C13H14Cl2N2O4/c1-7(2)13(19)5-16(6-13)12(18)8-3-9(14)11(15)10(4-8)17(20)21/h3-4,7,19H,5-6H2,1-2H3. The fourth-order valence-corrected chi connectivity index (χ4v) is 2.53. The van der Waals surface area contributed by atoms with E-state index in [1.165, 1.54) is 11.0 Å². The second kappa shape index (κ2) is 5.44. The van der Waals surface area contributed by atoms with E-state index in [-0.39, 0.29) is 34.6 Å². The average molecular weight is 333 g/mol. The van der Waals surface area contributed by atoms with E-state index in [4.69, 9.17) is 23.2 Å². The number of nitrogens with zero attached hydrogens (tertiary/aromatic N) is 2. The Morgan fingerprint density at radius 1 is 1.43 bits per heavy atom. The van der Waals surface area contributed by atoms with Gasteiger partial charge >= 0.3 is 0 Å². The molecule has 1 saturated heterocycles. The molecule has 1 N–H and O–H groups in total. The van der Waals surface area contributed by atoms with E-state index < -0.39 is 22.1 Å². The summed E-state index contributed by atoms with van der Waals surface area (Å²) in [6.07, 6.45) is 0. The van der Waals surface area contributed by atoms with Gasteiger partial charge in [-0.2, -0.15) is 0 Å². The third-order valence-corrected chi connectivity index (χ3v) is 4.54. The Morgan fingerprint density at radius 3 is 2.48 bits per heavy atom. The minimum Gasteiger partial charge on any atom is -0.386 e. The van der Waals surface area contributed by atoms with E-state index in [1.807, 2.05) is 13.8 Å². The lowest BCUT2D eigenvalue weighted by Gasteiger charge is -2.49. The van der Waals surface area contributed by atoms with Crippen molar-refractivity contribution in [2.24, 2.45) is 5.92 Å². The van der Waals surface area contributed by atoms with Crippen molar-refractivity contribution in [2.75, 3.05) is 13.1 Å². The normalized spacial score (nSPS) is 16.8. The molecule has 0 spiro atoms. The molecular weight excluding hydrogens is 319 g/mol. The van der Waals surface area contributed by atoms with Gasteiger partial charge in [-0.15, -0.1) is 0 Å². The van der Waals surface area contributed by atoms with Crippen molar-refractivity contribution in [2.45, 2.75) is 19.4 Å². The highest BCUT2D eigenvalue weighted by Crippen LogP contribution is 2.35. The van der Waals surface area contributed by atoms with E-state index in [2.05, 4.69) is 0 Å². The van der Waals surface area contributed by atoms with Crippen molar-refractivity contribution in [3.8, 4) is 0 Å². The van der Waals surface area contributed by atoms with Gasteiger partial charge in [0, 0.05) is 11.6 Å². The first-order chi connectivity index (χ1) is 9.65. The summed E-state index contributed by atoms with van der Waals surface area (Å²) in [4.78, 5) is 23.9. The first-order valence-corrected chi connectivity index (χ1v) is 7.06. The number of rotatable bonds is 3. The fraction of sp³-hybridized carbons (Fsp3) is 0.462. The molecule has 0 saturated carbocycles. The highest BCUT2D eigenvalue weighted by atomic mass is 35.5. The summed E-state index contributed by atoms with van der Waals surface area (Å²) in [5, 5.41) is 20.8. The van der Waals surface area contributed by atoms with Crippen molar-refractivity contribution in [3.63, 3.8) is 0 Å². The van der Waals surface area contributed by atoms with Crippen LogP contribution in [0.15, 0.2) is 12.1 Å². The lowest BCUT2D eigenvalue weighted by molar-refractivity contribution is -0.384. The molecule has 0 unspecified atom stereocenters. The zero-order valence-electron chi connectivity index (χ0n) is 11.5. The maximum Gasteiger partial charge on any atom is 0.290 e. The summed E-state index contributed by atoms with van der Waals surface area (Å²) in [5.74, 6) is -0.397. The monoisotopic (exact) mass is 332 g/mol. The molecule has 114 valence electrons. The number of hydrogen-bond donors (Lipinski definition) is 1. The lowest BCUT2D eigenvalue weighted by atomic mass is 9.82. The first kappa shape index (κ1) is 16.0. The van der Waals surface area contributed by atoms with Gasteiger partial charge in [-0.25, -0.2) is 0 Å². The third kappa shape index (κ3) is 2.84. The molecule has 1 aliphatic rings. The molecule has 1 amide bonds. The maximum atomic E-state index is 12.3. The van der Waals surface area contributed by atoms with E-state index in [1.54, 1.807) is 0 Å². The number of nitro benzene ring substituents is 1. The van der Waals surface area contributed by atoms with Gasteiger partial charge < -0.3 is 10.0 Å². The number of β-amino-alcohol motifs (C(OH)–C–C–N with tert-alkyl or cyclic N) is 1. The van der Waals surface area contributed by atoms with Gasteiger partial charge in [-0.3, -0.25) is 14.9 Å². The number of carbonyl (C=O) groups is 1. The predicted octanol–water partition coefficient (Wildman–Crippen LogP) is 2.74. The lowest BCUT2D eigenvalue weighted by Crippen LogP contribution is -2.65. The molecule has 1 heterocycles. The molecule has 0 radical (unpaired) electrons. The van der Waals surface area contributed by atoms with Crippen LogP contribution in [-0.2, 0) is 0 Å². The van der Waals surface area contributed by atoms with Crippen LogP contribution >= 0.6 is 23.2 Å². The van der Waals surface area contributed by atoms with Gasteiger partial charge in [0.25, 0.3) is 11.6 Å². The molecule has 0 atom stereocenters. The SMILES string of the molecule is CC(C)C1(O)CN(C(=O)c2cc(Cl)c(Cl)c([N+](=O)[O-])c2)C1. The Kier molecular flexibility index (Phi) is 4.15. The van der Waals surface area contributed by atoms with Crippen LogP contribution in [0.3, 0.4) is 0 Å². The maximum absolute atomic E-state index is 12.3. The van der Waals surface area contributed by atoms with Crippen LogP contribution in [0, 0.1) is 16.0 Å². The number of nitro groups is 1. The number of benzene rings is 1. The number of hydrogen-bond acceptors (Lipinski definition) is 4. The molecular formula is C13H14Cl2N2O4. The summed E-state index contributed by atoms with van der Waals surface area (Å²) in [5.41, 5.74) is -1.23. The molecule has 1 fully saturated rings. The molecule has 0 bridgehead atoms.